The molecule has 1 aromatic carbocycles. The number of aryl methyl sites for hydroxylation is 3. The normalized spacial score (nSPS) is 11.4. The van der Waals surface area contributed by atoms with Gasteiger partial charge in [-0.2, -0.15) is 5.10 Å². The van der Waals surface area contributed by atoms with Gasteiger partial charge in [0.15, 0.2) is 0 Å². The van der Waals surface area contributed by atoms with Gasteiger partial charge in [0.25, 0.3) is 5.56 Å². The number of aromatic nitrogens is 4. The monoisotopic (exact) mass is 435 g/mol. The van der Waals surface area contributed by atoms with Crippen molar-refractivity contribution in [3.05, 3.63) is 63.8 Å². The molecule has 0 unspecified atom stereocenters. The molecule has 3 rings (SSSR count). The van der Waals surface area contributed by atoms with E-state index in [2.05, 4.69) is 20.1 Å². The third-order valence-electron chi connectivity index (χ3n) is 4.28. The van der Waals surface area contributed by atoms with E-state index in [0.29, 0.717) is 12.1 Å². The fraction of sp³-hybridized carbons (Fsp3) is 0.300. The number of ether oxygens (including phenoxy) is 1. The molecule has 2 aromatic heterocycles. The van der Waals surface area contributed by atoms with Gasteiger partial charge in [0.05, 0.1) is 5.69 Å². The Balaban J connectivity index is 1.84. The fourth-order valence-electron chi connectivity index (χ4n) is 2.95. The number of nitrogens with zero attached hydrogens (tertiary/aromatic N) is 4. The van der Waals surface area contributed by atoms with Crippen LogP contribution in [-0.2, 0) is 17.8 Å². The molecule has 0 aliphatic heterocycles. The molecule has 8 nitrogen and oxygen atoms in total. The molecule has 1 N–H and O–H groups in total. The maximum Gasteiger partial charge on any atom is 0.573 e. The summed E-state index contributed by atoms with van der Waals surface area (Å²) in [4.78, 5) is 29.7. The van der Waals surface area contributed by atoms with E-state index < -0.39 is 23.6 Å². The van der Waals surface area contributed by atoms with Crippen LogP contribution in [0.3, 0.4) is 0 Å². The SMILES string of the molecule is CCc1cc(=O)n(CC(=O)Nc2ccc(OC(F)(F)F)cc2)c(-n2nc(C)cc2C)n1. The molecule has 3 aromatic rings. The Bertz CT molecular complexity index is 1150. The molecule has 0 atom stereocenters. The Hall–Kier alpha value is -3.63. The van der Waals surface area contributed by atoms with Gasteiger partial charge in [0, 0.05) is 23.1 Å². The number of hydrogen-bond donors (Lipinski definition) is 1. The molecule has 0 spiro atoms. The Kier molecular flexibility index (Phi) is 6.14. The summed E-state index contributed by atoms with van der Waals surface area (Å²) in [6, 6.07) is 7.86. The van der Waals surface area contributed by atoms with Gasteiger partial charge in [-0.05, 0) is 50.6 Å². The number of carbonyl (C=O) groups excluding carboxylic acids is 1. The van der Waals surface area contributed by atoms with Gasteiger partial charge in [0.2, 0.25) is 11.9 Å². The molecule has 2 heterocycles. The van der Waals surface area contributed by atoms with Crippen molar-refractivity contribution in [1.29, 1.82) is 0 Å². The number of amides is 1. The van der Waals surface area contributed by atoms with Crippen LogP contribution in [-0.4, -0.2) is 31.6 Å². The van der Waals surface area contributed by atoms with Crippen LogP contribution >= 0.6 is 0 Å². The molecule has 0 bridgehead atoms. The van der Waals surface area contributed by atoms with E-state index in [0.717, 1.165) is 23.5 Å². The van der Waals surface area contributed by atoms with Gasteiger partial charge >= 0.3 is 6.36 Å². The first-order valence-electron chi connectivity index (χ1n) is 9.36. The molecule has 1 amide bonds. The lowest BCUT2D eigenvalue weighted by atomic mass is 10.3. The van der Waals surface area contributed by atoms with Gasteiger partial charge in [-0.1, -0.05) is 6.92 Å². The van der Waals surface area contributed by atoms with Crippen molar-refractivity contribution in [2.75, 3.05) is 5.32 Å². The third kappa shape index (κ3) is 5.50. The molecule has 0 radical (unpaired) electrons. The molecule has 31 heavy (non-hydrogen) atoms. The summed E-state index contributed by atoms with van der Waals surface area (Å²) in [5.74, 6) is -0.757. The lowest BCUT2D eigenvalue weighted by Gasteiger charge is -2.14. The second-order valence-electron chi connectivity index (χ2n) is 6.78. The maximum absolute atomic E-state index is 12.7. The summed E-state index contributed by atoms with van der Waals surface area (Å²) in [7, 11) is 0. The highest BCUT2D eigenvalue weighted by molar-refractivity contribution is 5.90. The molecule has 0 saturated carbocycles. The quantitative estimate of drug-likeness (QED) is 0.642. The van der Waals surface area contributed by atoms with Crippen LogP contribution in [0.4, 0.5) is 18.9 Å². The molecule has 0 aliphatic rings. The second kappa shape index (κ2) is 8.62. The van der Waals surface area contributed by atoms with Crippen molar-refractivity contribution >= 4 is 11.6 Å². The predicted molar refractivity (Wildman–Crippen MR) is 106 cm³/mol. The van der Waals surface area contributed by atoms with Gasteiger partial charge < -0.3 is 10.1 Å². The minimum Gasteiger partial charge on any atom is -0.406 e. The summed E-state index contributed by atoms with van der Waals surface area (Å²) in [5.41, 5.74) is 1.86. The second-order valence-corrected chi connectivity index (χ2v) is 6.78. The maximum atomic E-state index is 12.7. The average Bonchev–Trinajstić information content (AvgIpc) is 3.01. The Morgan fingerprint density at radius 3 is 2.39 bits per heavy atom. The van der Waals surface area contributed by atoms with Crippen LogP contribution in [0.5, 0.6) is 5.75 Å². The van der Waals surface area contributed by atoms with E-state index in [1.54, 1.807) is 13.8 Å². The van der Waals surface area contributed by atoms with Crippen LogP contribution in [0, 0.1) is 13.8 Å². The van der Waals surface area contributed by atoms with E-state index in [-0.39, 0.29) is 18.2 Å². The summed E-state index contributed by atoms with van der Waals surface area (Å²) in [6.45, 7) is 5.11. The molecule has 0 saturated heterocycles. The van der Waals surface area contributed by atoms with Crippen LogP contribution in [0.15, 0.2) is 41.2 Å². The smallest absolute Gasteiger partial charge is 0.406 e. The zero-order chi connectivity index (χ0) is 22.8. The number of hydrogen-bond acceptors (Lipinski definition) is 5. The van der Waals surface area contributed by atoms with Crippen molar-refractivity contribution in [1.82, 2.24) is 19.3 Å². The fourth-order valence-corrected chi connectivity index (χ4v) is 2.95. The largest absolute Gasteiger partial charge is 0.573 e. The minimum atomic E-state index is -4.80. The molecule has 11 heteroatoms. The Morgan fingerprint density at radius 2 is 1.84 bits per heavy atom. The summed E-state index contributed by atoms with van der Waals surface area (Å²) in [5, 5.41) is 6.89. The molecular formula is C20H20F3N5O3. The van der Waals surface area contributed by atoms with Crippen LogP contribution in [0.25, 0.3) is 5.95 Å². The lowest BCUT2D eigenvalue weighted by molar-refractivity contribution is -0.274. The first kappa shape index (κ1) is 22.1. The number of anilines is 1. The number of benzene rings is 1. The Morgan fingerprint density at radius 1 is 1.16 bits per heavy atom. The number of rotatable bonds is 6. The number of halogens is 3. The highest BCUT2D eigenvalue weighted by Crippen LogP contribution is 2.24. The van der Waals surface area contributed by atoms with Gasteiger partial charge in [-0.3, -0.25) is 14.2 Å². The summed E-state index contributed by atoms with van der Waals surface area (Å²) in [6.07, 6.45) is -4.27. The van der Waals surface area contributed by atoms with Crippen molar-refractivity contribution in [2.24, 2.45) is 0 Å². The Labute approximate surface area is 175 Å². The van der Waals surface area contributed by atoms with Crippen molar-refractivity contribution in [3.63, 3.8) is 0 Å². The molecule has 0 aliphatic carbocycles. The summed E-state index contributed by atoms with van der Waals surface area (Å²) < 4.78 is 43.2. The van der Waals surface area contributed by atoms with Gasteiger partial charge in [-0.25, -0.2) is 9.67 Å². The highest BCUT2D eigenvalue weighted by Gasteiger charge is 2.31. The predicted octanol–water partition coefficient (Wildman–Crippen LogP) is 3.15. The van der Waals surface area contributed by atoms with E-state index in [1.807, 2.05) is 13.0 Å². The average molecular weight is 435 g/mol. The topological polar surface area (TPSA) is 91.0 Å². The van der Waals surface area contributed by atoms with Gasteiger partial charge in [0.1, 0.15) is 12.3 Å². The van der Waals surface area contributed by atoms with Crippen LogP contribution < -0.4 is 15.6 Å². The minimum absolute atomic E-state index is 0.207. The van der Waals surface area contributed by atoms with Crippen LogP contribution in [0.1, 0.15) is 24.0 Å². The first-order valence-corrected chi connectivity index (χ1v) is 9.36. The first-order chi connectivity index (χ1) is 14.6. The summed E-state index contributed by atoms with van der Waals surface area (Å²) >= 11 is 0. The number of nitrogens with one attached hydrogen (secondary N) is 1. The number of carbonyl (C=O) groups is 1. The van der Waals surface area contributed by atoms with E-state index in [1.165, 1.54) is 27.4 Å². The standard InChI is InChI=1S/C20H20F3N5O3/c1-4-14-10-18(30)27(19(25-14)28-13(3)9-12(2)26-28)11-17(29)24-15-5-7-16(8-6-15)31-20(21,22)23/h5-10H,4,11H2,1-3H3,(H,24,29). The molecule has 164 valence electrons. The van der Waals surface area contributed by atoms with E-state index in [9.17, 15) is 22.8 Å². The van der Waals surface area contributed by atoms with E-state index >= 15 is 0 Å². The molecular weight excluding hydrogens is 415 g/mol. The zero-order valence-corrected chi connectivity index (χ0v) is 17.0. The van der Waals surface area contributed by atoms with Crippen molar-refractivity contribution in [3.8, 4) is 11.7 Å². The van der Waals surface area contributed by atoms with Gasteiger partial charge in [-0.15, -0.1) is 13.2 Å². The van der Waals surface area contributed by atoms with Crippen LogP contribution in [0.2, 0.25) is 0 Å². The highest BCUT2D eigenvalue weighted by atomic mass is 19.4. The zero-order valence-electron chi connectivity index (χ0n) is 17.0. The van der Waals surface area contributed by atoms with Crippen molar-refractivity contribution in [2.45, 2.75) is 40.1 Å². The molecule has 0 fully saturated rings. The lowest BCUT2D eigenvalue weighted by Crippen LogP contribution is -2.32. The van der Waals surface area contributed by atoms with Crippen molar-refractivity contribution < 1.29 is 22.7 Å². The third-order valence-corrected chi connectivity index (χ3v) is 4.28. The van der Waals surface area contributed by atoms with E-state index in [4.69, 9.17) is 0 Å². The number of alkyl halides is 3.